The molecule has 1 spiro atoms. The van der Waals surface area contributed by atoms with E-state index in [2.05, 4.69) is 9.50 Å². The summed E-state index contributed by atoms with van der Waals surface area (Å²) < 4.78 is 62.1. The molecule has 9 heteroatoms. The van der Waals surface area contributed by atoms with Crippen molar-refractivity contribution in [3.05, 3.63) is 11.8 Å². The summed E-state index contributed by atoms with van der Waals surface area (Å²) in [4.78, 5) is 11.2. The van der Waals surface area contributed by atoms with Crippen LogP contribution in [0.1, 0.15) is 32.1 Å². The van der Waals surface area contributed by atoms with Crippen LogP contribution in [0.25, 0.3) is 0 Å². The Labute approximate surface area is 107 Å². The third kappa shape index (κ3) is 2.85. The normalized spacial score (nSPS) is 28.2. The van der Waals surface area contributed by atoms with Gasteiger partial charge >= 0.3 is 15.6 Å². The van der Waals surface area contributed by atoms with Gasteiger partial charge in [0.15, 0.2) is 0 Å². The molecular weight excluding hydrogens is 287 g/mol. The van der Waals surface area contributed by atoms with Gasteiger partial charge in [-0.3, -0.25) is 4.79 Å². The zero-order valence-corrected chi connectivity index (χ0v) is 10.6. The fourth-order valence-corrected chi connectivity index (χ4v) is 2.78. The molecule has 0 saturated carbocycles. The van der Waals surface area contributed by atoms with Crippen molar-refractivity contribution in [3.8, 4) is 0 Å². The number of alkyl halides is 3. The smallest absolute Gasteiger partial charge is 0.381 e. The maximum absolute atomic E-state index is 12.1. The van der Waals surface area contributed by atoms with E-state index in [1.165, 1.54) is 6.08 Å². The summed E-state index contributed by atoms with van der Waals surface area (Å²) >= 11 is 0. The standard InChI is InChI=1S/C10H12F3NO4S/c11-10(12,13)19(16,17)18-7-1-4-9(5-2-7)6-3-8(15)14-9/h1H,2-6H2,(H,14,15). The van der Waals surface area contributed by atoms with Crippen molar-refractivity contribution in [3.63, 3.8) is 0 Å². The van der Waals surface area contributed by atoms with Gasteiger partial charge in [-0.15, -0.1) is 0 Å². The fourth-order valence-electron chi connectivity index (χ4n) is 2.25. The first kappa shape index (κ1) is 14.2. The zero-order chi connectivity index (χ0) is 14.3. The molecule has 1 saturated heterocycles. The van der Waals surface area contributed by atoms with Crippen molar-refractivity contribution >= 4 is 16.0 Å². The Morgan fingerprint density at radius 2 is 1.89 bits per heavy atom. The van der Waals surface area contributed by atoms with E-state index in [1.54, 1.807) is 0 Å². The van der Waals surface area contributed by atoms with E-state index in [0.717, 1.165) is 0 Å². The van der Waals surface area contributed by atoms with E-state index in [9.17, 15) is 26.4 Å². The summed E-state index contributed by atoms with van der Waals surface area (Å²) in [5, 5.41) is 2.77. The van der Waals surface area contributed by atoms with Crippen molar-refractivity contribution in [2.75, 3.05) is 0 Å². The average molecular weight is 299 g/mol. The van der Waals surface area contributed by atoms with Crippen molar-refractivity contribution in [2.24, 2.45) is 0 Å². The van der Waals surface area contributed by atoms with E-state index in [1.807, 2.05) is 0 Å². The lowest BCUT2D eigenvalue weighted by atomic mass is 9.84. The summed E-state index contributed by atoms with van der Waals surface area (Å²) in [7, 11) is -5.60. The monoisotopic (exact) mass is 299 g/mol. The number of allylic oxidation sites excluding steroid dienone is 1. The molecule has 1 unspecified atom stereocenters. The highest BCUT2D eigenvalue weighted by molar-refractivity contribution is 7.87. The minimum atomic E-state index is -5.60. The SMILES string of the molecule is O=C1CCC2(CC=C(OS(=O)(=O)C(F)(F)F)CC2)N1. The van der Waals surface area contributed by atoms with Gasteiger partial charge in [-0.25, -0.2) is 0 Å². The molecule has 0 aromatic carbocycles. The van der Waals surface area contributed by atoms with Crippen molar-refractivity contribution in [1.29, 1.82) is 0 Å². The first-order chi connectivity index (χ1) is 8.64. The summed E-state index contributed by atoms with van der Waals surface area (Å²) in [6.07, 6.45) is 2.99. The molecular formula is C10H12F3NO4S. The predicted octanol–water partition coefficient (Wildman–Crippen LogP) is 1.57. The van der Waals surface area contributed by atoms with Gasteiger partial charge in [0.05, 0.1) is 0 Å². The minimum Gasteiger partial charge on any atom is -0.381 e. The quantitative estimate of drug-likeness (QED) is 0.620. The molecule has 0 aromatic heterocycles. The highest BCUT2D eigenvalue weighted by Crippen LogP contribution is 2.37. The highest BCUT2D eigenvalue weighted by Gasteiger charge is 2.49. The number of nitrogens with one attached hydrogen (secondary N) is 1. The number of hydrogen-bond acceptors (Lipinski definition) is 4. The van der Waals surface area contributed by atoms with Gasteiger partial charge in [0.25, 0.3) is 0 Å². The van der Waals surface area contributed by atoms with E-state index in [4.69, 9.17) is 0 Å². The van der Waals surface area contributed by atoms with Gasteiger partial charge < -0.3 is 9.50 Å². The van der Waals surface area contributed by atoms with Crippen LogP contribution in [0.15, 0.2) is 11.8 Å². The first-order valence-corrected chi connectivity index (χ1v) is 7.05. The molecule has 0 bridgehead atoms. The third-order valence-corrected chi connectivity index (χ3v) is 4.31. The molecule has 0 radical (unpaired) electrons. The van der Waals surface area contributed by atoms with Gasteiger partial charge in [0.1, 0.15) is 5.76 Å². The van der Waals surface area contributed by atoms with Crippen LogP contribution in [0.3, 0.4) is 0 Å². The maximum Gasteiger partial charge on any atom is 0.534 e. The van der Waals surface area contributed by atoms with E-state index in [-0.39, 0.29) is 24.5 Å². The van der Waals surface area contributed by atoms with Gasteiger partial charge in [-0.05, 0) is 25.3 Å². The topological polar surface area (TPSA) is 72.5 Å². The van der Waals surface area contributed by atoms with Crippen molar-refractivity contribution in [1.82, 2.24) is 5.32 Å². The van der Waals surface area contributed by atoms with Crippen LogP contribution in [0.4, 0.5) is 13.2 Å². The number of hydrogen-bond donors (Lipinski definition) is 1. The molecule has 2 rings (SSSR count). The van der Waals surface area contributed by atoms with E-state index >= 15 is 0 Å². The van der Waals surface area contributed by atoms with Crippen LogP contribution >= 0.6 is 0 Å². The van der Waals surface area contributed by atoms with Crippen LogP contribution in [0, 0.1) is 0 Å². The zero-order valence-electron chi connectivity index (χ0n) is 9.79. The Bertz CT molecular complexity index is 525. The van der Waals surface area contributed by atoms with Crippen LogP contribution in [0.5, 0.6) is 0 Å². The van der Waals surface area contributed by atoms with E-state index in [0.29, 0.717) is 19.3 Å². The molecule has 1 aliphatic carbocycles. The summed E-state index contributed by atoms with van der Waals surface area (Å²) in [5.74, 6) is -0.315. The minimum absolute atomic E-state index is 0.0512. The lowest BCUT2D eigenvalue weighted by molar-refractivity contribution is -0.119. The number of carbonyl (C=O) groups is 1. The Morgan fingerprint density at radius 3 is 2.32 bits per heavy atom. The van der Waals surface area contributed by atoms with Gasteiger partial charge in [-0.2, -0.15) is 21.6 Å². The molecule has 1 N–H and O–H groups in total. The maximum atomic E-state index is 12.1. The van der Waals surface area contributed by atoms with E-state index < -0.39 is 21.2 Å². The number of rotatable bonds is 2. The van der Waals surface area contributed by atoms with Crippen LogP contribution in [-0.2, 0) is 19.1 Å². The number of amides is 1. The second-order valence-corrected chi connectivity index (χ2v) is 6.22. The van der Waals surface area contributed by atoms with Gasteiger partial charge in [0.2, 0.25) is 5.91 Å². The van der Waals surface area contributed by atoms with Crippen LogP contribution in [0.2, 0.25) is 0 Å². The fraction of sp³-hybridized carbons (Fsp3) is 0.700. The Balaban J connectivity index is 2.05. The summed E-state index contributed by atoms with van der Waals surface area (Å²) in [6.45, 7) is 0. The molecule has 2 aliphatic rings. The highest BCUT2D eigenvalue weighted by atomic mass is 32.2. The Kier molecular flexibility index (Phi) is 3.28. The molecule has 1 fully saturated rings. The summed E-state index contributed by atoms with van der Waals surface area (Å²) in [5.41, 5.74) is -5.88. The molecule has 1 aliphatic heterocycles. The average Bonchev–Trinajstić information content (AvgIpc) is 2.62. The molecule has 1 amide bonds. The molecule has 1 heterocycles. The van der Waals surface area contributed by atoms with Crippen LogP contribution < -0.4 is 5.32 Å². The van der Waals surface area contributed by atoms with Crippen molar-refractivity contribution in [2.45, 2.75) is 43.2 Å². The summed E-state index contributed by atoms with van der Waals surface area (Å²) in [6, 6.07) is 0. The lowest BCUT2D eigenvalue weighted by Crippen LogP contribution is -2.42. The predicted molar refractivity (Wildman–Crippen MR) is 58.1 cm³/mol. The lowest BCUT2D eigenvalue weighted by Gasteiger charge is -2.31. The Hall–Kier alpha value is -1.25. The Morgan fingerprint density at radius 1 is 1.26 bits per heavy atom. The third-order valence-electron chi connectivity index (χ3n) is 3.31. The molecule has 1 atom stereocenters. The van der Waals surface area contributed by atoms with Gasteiger partial charge in [-0.1, -0.05) is 0 Å². The molecule has 108 valence electrons. The molecule has 0 aromatic rings. The second-order valence-electron chi connectivity index (χ2n) is 4.69. The number of carbonyl (C=O) groups excluding carboxylic acids is 1. The van der Waals surface area contributed by atoms with Gasteiger partial charge in [0, 0.05) is 18.4 Å². The largest absolute Gasteiger partial charge is 0.534 e. The number of halogens is 3. The van der Waals surface area contributed by atoms with Crippen molar-refractivity contribution < 1.29 is 30.6 Å². The molecule has 19 heavy (non-hydrogen) atoms. The van der Waals surface area contributed by atoms with Crippen LogP contribution in [-0.4, -0.2) is 25.4 Å². The molecule has 5 nitrogen and oxygen atoms in total. The second kappa shape index (κ2) is 4.39. The first-order valence-electron chi connectivity index (χ1n) is 5.64.